The van der Waals surface area contributed by atoms with E-state index in [-0.39, 0.29) is 18.3 Å². The van der Waals surface area contributed by atoms with Gasteiger partial charge in [-0.05, 0) is 20.8 Å². The summed E-state index contributed by atoms with van der Waals surface area (Å²) in [5.41, 5.74) is -0.685. The fraction of sp³-hybridized carbons (Fsp3) is 0.750. The second-order valence-corrected chi connectivity index (χ2v) is 6.10. The standard InChI is InChI=1S/C12H21NO6S/c1-8(14)18-5-6-20-7-9(10(15)16)13-11(17)19-12(2,3)4/h9H,5-7H2,1-4H3,(H,13,17)(H,15,16)/t9-/m0/s1. The summed E-state index contributed by atoms with van der Waals surface area (Å²) in [6, 6.07) is -1.05. The molecule has 1 atom stereocenters. The van der Waals surface area contributed by atoms with E-state index in [1.54, 1.807) is 20.8 Å². The maximum atomic E-state index is 11.5. The minimum Gasteiger partial charge on any atom is -0.480 e. The van der Waals surface area contributed by atoms with Gasteiger partial charge in [-0.25, -0.2) is 9.59 Å². The van der Waals surface area contributed by atoms with Crippen molar-refractivity contribution in [1.82, 2.24) is 5.32 Å². The second kappa shape index (κ2) is 8.68. The number of rotatable bonds is 7. The van der Waals surface area contributed by atoms with Crippen molar-refractivity contribution in [2.75, 3.05) is 18.1 Å². The van der Waals surface area contributed by atoms with E-state index in [1.165, 1.54) is 18.7 Å². The highest BCUT2D eigenvalue weighted by Crippen LogP contribution is 2.08. The van der Waals surface area contributed by atoms with Gasteiger partial charge in [0.2, 0.25) is 0 Å². The van der Waals surface area contributed by atoms with E-state index < -0.39 is 23.7 Å². The Hall–Kier alpha value is -1.44. The second-order valence-electron chi connectivity index (χ2n) is 4.95. The van der Waals surface area contributed by atoms with Gasteiger partial charge in [0.1, 0.15) is 18.2 Å². The van der Waals surface area contributed by atoms with E-state index in [1.807, 2.05) is 0 Å². The highest BCUT2D eigenvalue weighted by molar-refractivity contribution is 7.99. The molecule has 0 saturated carbocycles. The van der Waals surface area contributed by atoms with Crippen molar-refractivity contribution in [3.05, 3.63) is 0 Å². The maximum absolute atomic E-state index is 11.5. The lowest BCUT2D eigenvalue weighted by Gasteiger charge is -2.21. The molecule has 0 aliphatic carbocycles. The molecule has 1 amide bonds. The number of esters is 1. The van der Waals surface area contributed by atoms with E-state index in [9.17, 15) is 14.4 Å². The van der Waals surface area contributed by atoms with Crippen molar-refractivity contribution in [3.8, 4) is 0 Å². The van der Waals surface area contributed by atoms with Crippen LogP contribution < -0.4 is 5.32 Å². The van der Waals surface area contributed by atoms with E-state index in [2.05, 4.69) is 5.32 Å². The van der Waals surface area contributed by atoms with Crippen LogP contribution in [-0.4, -0.2) is 52.9 Å². The van der Waals surface area contributed by atoms with Crippen LogP contribution in [0.5, 0.6) is 0 Å². The lowest BCUT2D eigenvalue weighted by Crippen LogP contribution is -2.45. The van der Waals surface area contributed by atoms with Crippen LogP contribution in [0.4, 0.5) is 4.79 Å². The number of alkyl carbamates (subject to hydrolysis) is 1. The van der Waals surface area contributed by atoms with Gasteiger partial charge >= 0.3 is 18.0 Å². The number of thioether (sulfide) groups is 1. The lowest BCUT2D eigenvalue weighted by atomic mass is 10.2. The molecule has 2 N–H and O–H groups in total. The van der Waals surface area contributed by atoms with Gasteiger partial charge in [-0.2, -0.15) is 11.8 Å². The highest BCUT2D eigenvalue weighted by atomic mass is 32.2. The molecule has 20 heavy (non-hydrogen) atoms. The Morgan fingerprint density at radius 2 is 1.90 bits per heavy atom. The zero-order valence-electron chi connectivity index (χ0n) is 12.1. The third-order valence-electron chi connectivity index (χ3n) is 1.81. The van der Waals surface area contributed by atoms with E-state index in [0.717, 1.165) is 0 Å². The van der Waals surface area contributed by atoms with Crippen molar-refractivity contribution in [2.24, 2.45) is 0 Å². The fourth-order valence-electron chi connectivity index (χ4n) is 1.07. The zero-order chi connectivity index (χ0) is 15.8. The Labute approximate surface area is 122 Å². The van der Waals surface area contributed by atoms with Gasteiger partial charge in [-0.3, -0.25) is 4.79 Å². The van der Waals surface area contributed by atoms with Crippen LogP contribution in [0.15, 0.2) is 0 Å². The monoisotopic (exact) mass is 307 g/mol. The summed E-state index contributed by atoms with van der Waals surface area (Å²) in [6.07, 6.45) is -0.773. The SMILES string of the molecule is CC(=O)OCCSC[C@H](NC(=O)OC(C)(C)C)C(=O)O. The predicted octanol–water partition coefficient (Wildman–Crippen LogP) is 1.26. The van der Waals surface area contributed by atoms with Crippen molar-refractivity contribution >= 4 is 29.8 Å². The maximum Gasteiger partial charge on any atom is 0.408 e. The molecule has 0 aliphatic heterocycles. The van der Waals surface area contributed by atoms with Crippen molar-refractivity contribution < 1.29 is 29.0 Å². The molecule has 0 fully saturated rings. The number of ether oxygens (including phenoxy) is 2. The van der Waals surface area contributed by atoms with Crippen LogP contribution in [0, 0.1) is 0 Å². The molecule has 0 spiro atoms. The fourth-order valence-corrected chi connectivity index (χ4v) is 1.90. The first-order chi connectivity index (χ1) is 9.11. The average molecular weight is 307 g/mol. The Kier molecular flexibility index (Phi) is 8.05. The number of hydrogen-bond acceptors (Lipinski definition) is 6. The Morgan fingerprint density at radius 1 is 1.30 bits per heavy atom. The van der Waals surface area contributed by atoms with Crippen LogP contribution in [0.25, 0.3) is 0 Å². The van der Waals surface area contributed by atoms with E-state index >= 15 is 0 Å². The zero-order valence-corrected chi connectivity index (χ0v) is 12.9. The molecule has 0 rings (SSSR count). The third kappa shape index (κ3) is 10.5. The van der Waals surface area contributed by atoms with Crippen LogP contribution in [0.1, 0.15) is 27.7 Å². The van der Waals surface area contributed by atoms with E-state index in [0.29, 0.717) is 5.75 Å². The molecule has 0 heterocycles. The van der Waals surface area contributed by atoms with Gasteiger partial charge in [0.05, 0.1) is 0 Å². The molecule has 0 saturated heterocycles. The Morgan fingerprint density at radius 3 is 2.35 bits per heavy atom. The number of aliphatic carboxylic acids is 1. The van der Waals surface area contributed by atoms with Crippen LogP contribution in [0.2, 0.25) is 0 Å². The van der Waals surface area contributed by atoms with Crippen molar-refractivity contribution in [3.63, 3.8) is 0 Å². The number of amides is 1. The van der Waals surface area contributed by atoms with Crippen LogP contribution in [0.3, 0.4) is 0 Å². The topological polar surface area (TPSA) is 102 Å². The number of carbonyl (C=O) groups is 3. The Bertz CT molecular complexity index is 352. The summed E-state index contributed by atoms with van der Waals surface area (Å²) in [5.74, 6) is -0.905. The largest absolute Gasteiger partial charge is 0.480 e. The molecule has 7 nitrogen and oxygen atoms in total. The number of carboxylic acid groups (broad SMARTS) is 1. The molecular weight excluding hydrogens is 286 g/mol. The van der Waals surface area contributed by atoms with Gasteiger partial charge < -0.3 is 19.9 Å². The predicted molar refractivity (Wildman–Crippen MR) is 74.8 cm³/mol. The minimum absolute atomic E-state index is 0.163. The number of nitrogens with one attached hydrogen (secondary N) is 1. The van der Waals surface area contributed by atoms with Gasteiger partial charge in [0.25, 0.3) is 0 Å². The molecule has 0 aliphatic rings. The summed E-state index contributed by atoms with van der Waals surface area (Å²) in [5, 5.41) is 11.3. The van der Waals surface area contributed by atoms with Crippen LogP contribution in [-0.2, 0) is 19.1 Å². The molecular formula is C12H21NO6S. The first-order valence-corrected chi connectivity index (χ1v) is 7.20. The normalized spacial score (nSPS) is 12.4. The first-order valence-electron chi connectivity index (χ1n) is 6.05. The smallest absolute Gasteiger partial charge is 0.408 e. The molecule has 0 unspecified atom stereocenters. The van der Waals surface area contributed by atoms with E-state index in [4.69, 9.17) is 14.6 Å². The number of carbonyl (C=O) groups excluding carboxylic acids is 2. The molecule has 0 radical (unpaired) electrons. The van der Waals surface area contributed by atoms with Gasteiger partial charge in [-0.1, -0.05) is 0 Å². The van der Waals surface area contributed by atoms with Gasteiger partial charge in [0, 0.05) is 18.4 Å². The van der Waals surface area contributed by atoms with Crippen molar-refractivity contribution in [1.29, 1.82) is 0 Å². The molecule has 0 aromatic rings. The molecule has 8 heteroatoms. The summed E-state index contributed by atoms with van der Waals surface area (Å²) in [7, 11) is 0. The summed E-state index contributed by atoms with van der Waals surface area (Å²) >= 11 is 1.26. The van der Waals surface area contributed by atoms with Crippen molar-refractivity contribution in [2.45, 2.75) is 39.3 Å². The number of hydrogen-bond donors (Lipinski definition) is 2. The summed E-state index contributed by atoms with van der Waals surface area (Å²) < 4.78 is 9.70. The van der Waals surface area contributed by atoms with Gasteiger partial charge in [-0.15, -0.1) is 0 Å². The quantitative estimate of drug-likeness (QED) is 0.539. The molecule has 116 valence electrons. The lowest BCUT2D eigenvalue weighted by molar-refractivity contribution is -0.140. The highest BCUT2D eigenvalue weighted by Gasteiger charge is 2.23. The van der Waals surface area contributed by atoms with Crippen LogP contribution >= 0.6 is 11.8 Å². The third-order valence-corrected chi connectivity index (χ3v) is 2.83. The average Bonchev–Trinajstić information content (AvgIpc) is 2.23. The Balaban J connectivity index is 4.08. The molecule has 0 bridgehead atoms. The first kappa shape index (κ1) is 18.6. The number of carboxylic acids is 1. The van der Waals surface area contributed by atoms with Gasteiger partial charge in [0.15, 0.2) is 0 Å². The summed E-state index contributed by atoms with van der Waals surface area (Å²) in [6.45, 7) is 6.58. The summed E-state index contributed by atoms with van der Waals surface area (Å²) in [4.78, 5) is 33.0. The minimum atomic E-state index is -1.14. The molecule has 0 aromatic carbocycles. The molecule has 0 aromatic heterocycles.